The van der Waals surface area contributed by atoms with Gasteiger partial charge in [-0.05, 0) is 31.7 Å². The second kappa shape index (κ2) is 6.22. The highest BCUT2D eigenvalue weighted by Crippen LogP contribution is 2.31. The van der Waals surface area contributed by atoms with Crippen LogP contribution in [0, 0.1) is 0 Å². The molecule has 0 aliphatic carbocycles. The lowest BCUT2D eigenvalue weighted by Crippen LogP contribution is -2.48. The van der Waals surface area contributed by atoms with Crippen molar-refractivity contribution in [2.45, 2.75) is 51.2 Å². The van der Waals surface area contributed by atoms with E-state index in [1.807, 2.05) is 0 Å². The average Bonchev–Trinajstić information content (AvgIpc) is 2.47. The summed E-state index contributed by atoms with van der Waals surface area (Å²) in [6.45, 7) is 4.91. The molecule has 1 amide bonds. The van der Waals surface area contributed by atoms with Gasteiger partial charge in [-0.1, -0.05) is 13.8 Å². The van der Waals surface area contributed by atoms with Crippen LogP contribution in [0.15, 0.2) is 18.5 Å². The molecule has 1 saturated heterocycles. The molecule has 0 aromatic carbocycles. The number of aromatic hydroxyl groups is 1. The Bertz CT molecular complexity index is 472. The van der Waals surface area contributed by atoms with E-state index < -0.39 is 0 Å². The highest BCUT2D eigenvalue weighted by Gasteiger charge is 2.35. The van der Waals surface area contributed by atoms with Crippen molar-refractivity contribution in [3.8, 4) is 5.75 Å². The Balaban J connectivity index is 2.01. The average molecular weight is 278 g/mol. The van der Waals surface area contributed by atoms with Crippen LogP contribution in [0.3, 0.4) is 0 Å². The van der Waals surface area contributed by atoms with Gasteiger partial charge < -0.3 is 15.2 Å². The molecule has 5 nitrogen and oxygen atoms in total. The molecule has 0 bridgehead atoms. The number of amides is 1. The van der Waals surface area contributed by atoms with E-state index in [0.29, 0.717) is 12.2 Å². The van der Waals surface area contributed by atoms with E-state index in [0.717, 1.165) is 25.7 Å². The SMILES string of the molecule is CCC1(CC)CC(NC(=O)c2cncc(O)c2)CCO1. The molecule has 110 valence electrons. The number of hydrogen-bond acceptors (Lipinski definition) is 4. The zero-order valence-electron chi connectivity index (χ0n) is 12.1. The van der Waals surface area contributed by atoms with E-state index in [-0.39, 0.29) is 23.3 Å². The van der Waals surface area contributed by atoms with E-state index in [9.17, 15) is 9.90 Å². The summed E-state index contributed by atoms with van der Waals surface area (Å²) in [5, 5.41) is 12.4. The van der Waals surface area contributed by atoms with Crippen LogP contribution < -0.4 is 5.32 Å². The van der Waals surface area contributed by atoms with Crippen LogP contribution in [-0.2, 0) is 4.74 Å². The van der Waals surface area contributed by atoms with Crippen LogP contribution >= 0.6 is 0 Å². The molecule has 2 heterocycles. The molecule has 5 heteroatoms. The first kappa shape index (κ1) is 14.8. The van der Waals surface area contributed by atoms with Crippen LogP contribution in [0.4, 0.5) is 0 Å². The smallest absolute Gasteiger partial charge is 0.253 e. The molecule has 20 heavy (non-hydrogen) atoms. The monoisotopic (exact) mass is 278 g/mol. The van der Waals surface area contributed by atoms with Gasteiger partial charge in [0, 0.05) is 18.8 Å². The topological polar surface area (TPSA) is 71.5 Å². The fourth-order valence-electron chi connectivity index (χ4n) is 2.71. The zero-order chi connectivity index (χ0) is 14.6. The number of pyridine rings is 1. The summed E-state index contributed by atoms with van der Waals surface area (Å²) in [5.41, 5.74) is 0.267. The molecular formula is C15H22N2O3. The van der Waals surface area contributed by atoms with Crippen molar-refractivity contribution >= 4 is 5.91 Å². The Morgan fingerprint density at radius 3 is 2.90 bits per heavy atom. The number of carbonyl (C=O) groups excluding carboxylic acids is 1. The molecule has 1 unspecified atom stereocenters. The number of aromatic nitrogens is 1. The lowest BCUT2D eigenvalue weighted by molar-refractivity contribution is -0.0917. The Hall–Kier alpha value is -1.62. The molecule has 0 radical (unpaired) electrons. The lowest BCUT2D eigenvalue weighted by Gasteiger charge is -2.40. The van der Waals surface area contributed by atoms with Crippen LogP contribution in [0.25, 0.3) is 0 Å². The molecule has 1 aliphatic rings. The number of carbonyl (C=O) groups is 1. The first-order valence-corrected chi connectivity index (χ1v) is 7.17. The predicted octanol–water partition coefficient (Wildman–Crippen LogP) is 2.25. The first-order chi connectivity index (χ1) is 9.58. The summed E-state index contributed by atoms with van der Waals surface area (Å²) in [6, 6.07) is 1.53. The highest BCUT2D eigenvalue weighted by atomic mass is 16.5. The van der Waals surface area contributed by atoms with E-state index in [1.165, 1.54) is 18.5 Å². The van der Waals surface area contributed by atoms with Gasteiger partial charge in [-0.25, -0.2) is 0 Å². The van der Waals surface area contributed by atoms with Gasteiger partial charge in [-0.15, -0.1) is 0 Å². The van der Waals surface area contributed by atoms with Crippen molar-refractivity contribution in [2.75, 3.05) is 6.61 Å². The van der Waals surface area contributed by atoms with E-state index in [1.54, 1.807) is 0 Å². The van der Waals surface area contributed by atoms with Crippen LogP contribution in [0.2, 0.25) is 0 Å². The number of hydrogen-bond donors (Lipinski definition) is 2. The normalized spacial score (nSPS) is 21.4. The minimum absolute atomic E-state index is 0.00101. The maximum absolute atomic E-state index is 12.1. The number of nitrogens with zero attached hydrogens (tertiary/aromatic N) is 1. The Morgan fingerprint density at radius 1 is 1.50 bits per heavy atom. The van der Waals surface area contributed by atoms with Gasteiger partial charge >= 0.3 is 0 Å². The molecule has 1 atom stereocenters. The van der Waals surface area contributed by atoms with Crippen LogP contribution in [-0.4, -0.2) is 34.2 Å². The van der Waals surface area contributed by atoms with Crippen molar-refractivity contribution in [3.05, 3.63) is 24.0 Å². The fraction of sp³-hybridized carbons (Fsp3) is 0.600. The molecule has 1 aromatic heterocycles. The predicted molar refractivity (Wildman–Crippen MR) is 75.7 cm³/mol. The summed E-state index contributed by atoms with van der Waals surface area (Å²) >= 11 is 0. The van der Waals surface area contributed by atoms with Gasteiger partial charge in [-0.2, -0.15) is 0 Å². The fourth-order valence-corrected chi connectivity index (χ4v) is 2.71. The van der Waals surface area contributed by atoms with Gasteiger partial charge in [0.1, 0.15) is 5.75 Å². The summed E-state index contributed by atoms with van der Waals surface area (Å²) in [4.78, 5) is 16.0. The van der Waals surface area contributed by atoms with E-state index >= 15 is 0 Å². The second-order valence-electron chi connectivity index (χ2n) is 5.33. The standard InChI is InChI=1S/C15H22N2O3/c1-3-15(4-2)8-12(5-6-20-15)17-14(19)11-7-13(18)10-16-9-11/h7,9-10,12,18H,3-6,8H2,1-2H3,(H,17,19). The number of nitrogens with one attached hydrogen (secondary N) is 1. The maximum Gasteiger partial charge on any atom is 0.253 e. The van der Waals surface area contributed by atoms with Crippen molar-refractivity contribution in [1.29, 1.82) is 0 Å². The lowest BCUT2D eigenvalue weighted by atomic mass is 9.86. The minimum atomic E-state index is -0.193. The molecule has 2 N–H and O–H groups in total. The summed E-state index contributed by atoms with van der Waals surface area (Å²) in [6.07, 6.45) is 6.32. The van der Waals surface area contributed by atoms with E-state index in [2.05, 4.69) is 24.1 Å². The van der Waals surface area contributed by atoms with Gasteiger partial charge in [0.15, 0.2) is 0 Å². The summed E-state index contributed by atoms with van der Waals surface area (Å²) in [7, 11) is 0. The summed E-state index contributed by atoms with van der Waals surface area (Å²) < 4.78 is 5.90. The quantitative estimate of drug-likeness (QED) is 0.886. The van der Waals surface area contributed by atoms with Crippen molar-refractivity contribution in [3.63, 3.8) is 0 Å². The van der Waals surface area contributed by atoms with Crippen molar-refractivity contribution in [2.24, 2.45) is 0 Å². The second-order valence-corrected chi connectivity index (χ2v) is 5.33. The van der Waals surface area contributed by atoms with Gasteiger partial charge in [-0.3, -0.25) is 9.78 Å². The van der Waals surface area contributed by atoms with Crippen molar-refractivity contribution in [1.82, 2.24) is 10.3 Å². The van der Waals surface area contributed by atoms with Gasteiger partial charge in [0.25, 0.3) is 5.91 Å². The minimum Gasteiger partial charge on any atom is -0.506 e. The molecule has 0 spiro atoms. The van der Waals surface area contributed by atoms with Crippen LogP contribution in [0.1, 0.15) is 49.9 Å². The third kappa shape index (κ3) is 3.28. The van der Waals surface area contributed by atoms with Crippen molar-refractivity contribution < 1.29 is 14.6 Å². The Kier molecular flexibility index (Phi) is 4.60. The Morgan fingerprint density at radius 2 is 2.25 bits per heavy atom. The molecule has 1 aromatic rings. The largest absolute Gasteiger partial charge is 0.506 e. The van der Waals surface area contributed by atoms with Crippen LogP contribution in [0.5, 0.6) is 5.75 Å². The third-order valence-electron chi connectivity index (χ3n) is 4.10. The third-order valence-corrected chi connectivity index (χ3v) is 4.10. The Labute approximate surface area is 119 Å². The molecular weight excluding hydrogens is 256 g/mol. The highest BCUT2D eigenvalue weighted by molar-refractivity contribution is 5.94. The summed E-state index contributed by atoms with van der Waals surface area (Å²) in [5.74, 6) is -0.192. The molecule has 1 fully saturated rings. The van der Waals surface area contributed by atoms with Gasteiger partial charge in [0.05, 0.1) is 17.4 Å². The van der Waals surface area contributed by atoms with Gasteiger partial charge in [0.2, 0.25) is 0 Å². The molecule has 0 saturated carbocycles. The zero-order valence-corrected chi connectivity index (χ0v) is 12.1. The maximum atomic E-state index is 12.1. The molecule has 2 rings (SSSR count). The first-order valence-electron chi connectivity index (χ1n) is 7.17. The number of ether oxygens (including phenoxy) is 1. The number of rotatable bonds is 4. The molecule has 1 aliphatic heterocycles. The van der Waals surface area contributed by atoms with E-state index in [4.69, 9.17) is 4.74 Å².